The molecule has 0 atom stereocenters. The molecule has 0 fully saturated rings. The van der Waals surface area contributed by atoms with E-state index in [4.69, 9.17) is 5.11 Å². The summed E-state index contributed by atoms with van der Waals surface area (Å²) < 4.78 is 13.7. The Morgan fingerprint density at radius 1 is 1.33 bits per heavy atom. The first-order valence-electron chi connectivity index (χ1n) is 6.13. The molecule has 4 heteroatoms. The Balaban J connectivity index is 3.27. The summed E-state index contributed by atoms with van der Waals surface area (Å²) in [5.41, 5.74) is 0.207. The van der Waals surface area contributed by atoms with E-state index in [0.29, 0.717) is 18.2 Å². The van der Waals surface area contributed by atoms with Crippen molar-refractivity contribution < 1.29 is 14.3 Å². The van der Waals surface area contributed by atoms with Crippen molar-refractivity contribution in [3.05, 3.63) is 29.6 Å². The number of hydrogen-bond donors (Lipinski definition) is 1. The summed E-state index contributed by atoms with van der Waals surface area (Å²) in [5, 5.41) is 9.14. The molecule has 3 nitrogen and oxygen atoms in total. The fraction of sp³-hybridized carbons (Fsp3) is 0.500. The van der Waals surface area contributed by atoms with Crippen LogP contribution in [0.3, 0.4) is 0 Å². The number of nitrogens with zero attached hydrogens (tertiary/aromatic N) is 1. The van der Waals surface area contributed by atoms with Gasteiger partial charge in [-0.15, -0.1) is 0 Å². The van der Waals surface area contributed by atoms with Gasteiger partial charge in [-0.2, -0.15) is 0 Å². The highest BCUT2D eigenvalue weighted by Gasteiger charge is 2.22. The summed E-state index contributed by atoms with van der Waals surface area (Å²) >= 11 is 0. The Hall–Kier alpha value is -1.58. The van der Waals surface area contributed by atoms with Crippen molar-refractivity contribution in [1.29, 1.82) is 0 Å². The Labute approximate surface area is 107 Å². The van der Waals surface area contributed by atoms with Gasteiger partial charge in [0.25, 0.3) is 0 Å². The van der Waals surface area contributed by atoms with E-state index in [1.807, 2.05) is 18.7 Å². The first-order valence-corrected chi connectivity index (χ1v) is 6.13. The summed E-state index contributed by atoms with van der Waals surface area (Å²) in [6, 6.07) is 4.51. The molecule has 100 valence electrons. The summed E-state index contributed by atoms with van der Waals surface area (Å²) in [5.74, 6) is -1.54. The molecular weight excluding hydrogens is 233 g/mol. The van der Waals surface area contributed by atoms with E-state index in [0.717, 1.165) is 0 Å². The zero-order valence-electron chi connectivity index (χ0n) is 11.3. The number of benzene rings is 1. The lowest BCUT2D eigenvalue weighted by atomic mass is 10.1. The first-order chi connectivity index (χ1) is 8.34. The van der Waals surface area contributed by atoms with E-state index >= 15 is 0 Å². The molecule has 0 bridgehead atoms. The third kappa shape index (κ3) is 3.22. The minimum absolute atomic E-state index is 0.118. The lowest BCUT2D eigenvalue weighted by Crippen LogP contribution is -2.35. The van der Waals surface area contributed by atoms with Crippen LogP contribution in [0.5, 0.6) is 0 Å². The van der Waals surface area contributed by atoms with E-state index in [1.54, 1.807) is 12.1 Å². The third-order valence-corrected chi connectivity index (χ3v) is 2.70. The summed E-state index contributed by atoms with van der Waals surface area (Å²) in [7, 11) is 0. The van der Waals surface area contributed by atoms with Gasteiger partial charge in [0.05, 0.1) is 5.69 Å². The highest BCUT2D eigenvalue weighted by molar-refractivity contribution is 5.94. The van der Waals surface area contributed by atoms with Gasteiger partial charge >= 0.3 is 5.97 Å². The maximum Gasteiger partial charge on any atom is 0.340 e. The average molecular weight is 253 g/mol. The van der Waals surface area contributed by atoms with Crippen LogP contribution < -0.4 is 4.90 Å². The van der Waals surface area contributed by atoms with Crippen LogP contribution in [0.25, 0.3) is 0 Å². The number of halogens is 1. The molecule has 0 aliphatic carbocycles. The fourth-order valence-corrected chi connectivity index (χ4v) is 1.94. The Bertz CT molecular complexity index is 430. The van der Waals surface area contributed by atoms with Crippen molar-refractivity contribution in [3.8, 4) is 0 Å². The molecule has 0 aliphatic heterocycles. The van der Waals surface area contributed by atoms with Crippen LogP contribution in [0, 0.1) is 11.7 Å². The van der Waals surface area contributed by atoms with Gasteiger partial charge in [0, 0.05) is 12.6 Å². The van der Waals surface area contributed by atoms with Crippen LogP contribution in [-0.4, -0.2) is 23.7 Å². The van der Waals surface area contributed by atoms with Gasteiger partial charge in [-0.3, -0.25) is 0 Å². The monoisotopic (exact) mass is 253 g/mol. The lowest BCUT2D eigenvalue weighted by molar-refractivity contribution is 0.0692. The molecule has 0 saturated heterocycles. The molecular formula is C14H20FNO2. The van der Waals surface area contributed by atoms with Crippen LogP contribution in [0.15, 0.2) is 18.2 Å². The van der Waals surface area contributed by atoms with E-state index in [2.05, 4.69) is 13.8 Å². The zero-order chi connectivity index (χ0) is 13.9. The van der Waals surface area contributed by atoms with Crippen LogP contribution in [0.1, 0.15) is 38.1 Å². The molecule has 1 aromatic carbocycles. The number of hydrogen-bond acceptors (Lipinski definition) is 2. The molecule has 1 rings (SSSR count). The maximum atomic E-state index is 13.7. The standard InChI is InChI=1S/C14H20FNO2/c1-9(2)8-16(10(3)4)12-7-5-6-11(15)13(12)14(17)18/h5-7,9-10H,8H2,1-4H3,(H,17,18). The fourth-order valence-electron chi connectivity index (χ4n) is 1.94. The molecule has 1 aromatic rings. The summed E-state index contributed by atoms with van der Waals surface area (Å²) in [4.78, 5) is 13.1. The first kappa shape index (κ1) is 14.5. The van der Waals surface area contributed by atoms with Crippen molar-refractivity contribution >= 4 is 11.7 Å². The topological polar surface area (TPSA) is 40.5 Å². The quantitative estimate of drug-likeness (QED) is 0.874. The molecule has 0 heterocycles. The highest BCUT2D eigenvalue weighted by Crippen LogP contribution is 2.26. The molecule has 0 radical (unpaired) electrons. The molecule has 0 amide bonds. The van der Waals surface area contributed by atoms with E-state index in [9.17, 15) is 9.18 Å². The third-order valence-electron chi connectivity index (χ3n) is 2.70. The van der Waals surface area contributed by atoms with Crippen molar-refractivity contribution in [1.82, 2.24) is 0 Å². The molecule has 18 heavy (non-hydrogen) atoms. The van der Waals surface area contributed by atoms with Gasteiger partial charge in [0.1, 0.15) is 11.4 Å². The van der Waals surface area contributed by atoms with Crippen LogP contribution in [0.4, 0.5) is 10.1 Å². The van der Waals surface area contributed by atoms with Crippen molar-refractivity contribution in [3.63, 3.8) is 0 Å². The van der Waals surface area contributed by atoms with Gasteiger partial charge < -0.3 is 10.0 Å². The van der Waals surface area contributed by atoms with Gasteiger partial charge in [0.2, 0.25) is 0 Å². The second-order valence-corrected chi connectivity index (χ2v) is 5.08. The van der Waals surface area contributed by atoms with Crippen LogP contribution in [-0.2, 0) is 0 Å². The summed E-state index contributed by atoms with van der Waals surface area (Å²) in [6.07, 6.45) is 0. The van der Waals surface area contributed by atoms with Crippen molar-refractivity contribution in [2.24, 2.45) is 5.92 Å². The van der Waals surface area contributed by atoms with Gasteiger partial charge in [-0.05, 0) is 31.9 Å². The van der Waals surface area contributed by atoms with E-state index < -0.39 is 11.8 Å². The summed E-state index contributed by atoms with van der Waals surface area (Å²) in [6.45, 7) is 8.74. The number of carboxylic acid groups (broad SMARTS) is 1. The minimum atomic E-state index is -1.22. The number of carboxylic acids is 1. The van der Waals surface area contributed by atoms with E-state index in [1.165, 1.54) is 6.07 Å². The molecule has 0 aromatic heterocycles. The molecule has 0 spiro atoms. The number of anilines is 1. The second kappa shape index (κ2) is 5.85. The van der Waals surface area contributed by atoms with Gasteiger partial charge in [0.15, 0.2) is 0 Å². The highest BCUT2D eigenvalue weighted by atomic mass is 19.1. The van der Waals surface area contributed by atoms with Crippen molar-refractivity contribution in [2.45, 2.75) is 33.7 Å². The number of aromatic carboxylic acids is 1. The predicted molar refractivity (Wildman–Crippen MR) is 70.7 cm³/mol. The SMILES string of the molecule is CC(C)CN(c1cccc(F)c1C(=O)O)C(C)C. The Morgan fingerprint density at radius 2 is 1.94 bits per heavy atom. The largest absolute Gasteiger partial charge is 0.478 e. The van der Waals surface area contributed by atoms with Crippen LogP contribution in [0.2, 0.25) is 0 Å². The molecule has 0 aliphatic rings. The van der Waals surface area contributed by atoms with E-state index in [-0.39, 0.29) is 11.6 Å². The Kier molecular flexibility index (Phi) is 4.70. The predicted octanol–water partition coefficient (Wildman–Crippen LogP) is 3.39. The smallest absolute Gasteiger partial charge is 0.340 e. The number of carbonyl (C=O) groups is 1. The van der Waals surface area contributed by atoms with Gasteiger partial charge in [-0.25, -0.2) is 9.18 Å². The minimum Gasteiger partial charge on any atom is -0.478 e. The lowest BCUT2D eigenvalue weighted by Gasteiger charge is -2.31. The number of rotatable bonds is 5. The molecule has 1 N–H and O–H groups in total. The molecule has 0 saturated carbocycles. The normalized spacial score (nSPS) is 11.1. The maximum absolute atomic E-state index is 13.7. The van der Waals surface area contributed by atoms with Crippen LogP contribution >= 0.6 is 0 Å². The Morgan fingerprint density at radius 3 is 2.39 bits per heavy atom. The second-order valence-electron chi connectivity index (χ2n) is 5.08. The van der Waals surface area contributed by atoms with Crippen molar-refractivity contribution in [2.75, 3.05) is 11.4 Å². The zero-order valence-corrected chi connectivity index (χ0v) is 11.3. The molecule has 0 unspecified atom stereocenters. The van der Waals surface area contributed by atoms with Gasteiger partial charge in [-0.1, -0.05) is 19.9 Å². The average Bonchev–Trinajstić information content (AvgIpc) is 2.24.